The Morgan fingerprint density at radius 3 is 2.86 bits per heavy atom. The number of nitrogens with zero attached hydrogens (tertiary/aromatic N) is 2. The van der Waals surface area contributed by atoms with E-state index in [1.807, 2.05) is 4.90 Å². The number of hydrogen-bond donors (Lipinski definition) is 1. The molecule has 1 fully saturated rings. The first-order valence-corrected chi connectivity index (χ1v) is 6.70. The van der Waals surface area contributed by atoms with E-state index in [2.05, 4.69) is 0 Å². The molecule has 1 atom stereocenters. The molecule has 1 unspecified atom stereocenters. The first-order chi connectivity index (χ1) is 9.82. The van der Waals surface area contributed by atoms with Crippen LogP contribution in [0.3, 0.4) is 0 Å². The zero-order valence-electron chi connectivity index (χ0n) is 11.7. The summed E-state index contributed by atoms with van der Waals surface area (Å²) < 4.78 is 13.6. The zero-order valence-corrected chi connectivity index (χ0v) is 11.7. The Morgan fingerprint density at radius 1 is 1.57 bits per heavy atom. The van der Waals surface area contributed by atoms with Gasteiger partial charge in [-0.2, -0.15) is 4.39 Å². The molecule has 0 bridgehead atoms. The minimum atomic E-state index is -0.865. The van der Waals surface area contributed by atoms with Gasteiger partial charge in [0.25, 0.3) is 0 Å². The van der Waals surface area contributed by atoms with Crippen molar-refractivity contribution in [3.05, 3.63) is 39.7 Å². The number of benzene rings is 1. The van der Waals surface area contributed by atoms with Gasteiger partial charge < -0.3 is 5.11 Å². The third kappa shape index (κ3) is 3.36. The molecule has 2 rings (SSSR count). The Morgan fingerprint density at radius 2 is 2.29 bits per heavy atom. The van der Waals surface area contributed by atoms with Crippen molar-refractivity contribution in [3.63, 3.8) is 0 Å². The van der Waals surface area contributed by atoms with Crippen molar-refractivity contribution < 1.29 is 19.2 Å². The van der Waals surface area contributed by atoms with Crippen LogP contribution in [0.15, 0.2) is 18.2 Å². The predicted octanol–water partition coefficient (Wildman–Crippen LogP) is 2.42. The van der Waals surface area contributed by atoms with Gasteiger partial charge in [-0.25, -0.2) is 0 Å². The summed E-state index contributed by atoms with van der Waals surface area (Å²) in [5.41, 5.74) is -0.738. The van der Waals surface area contributed by atoms with Crippen LogP contribution in [0.1, 0.15) is 25.3 Å². The highest BCUT2D eigenvalue weighted by Crippen LogP contribution is 2.30. The van der Waals surface area contributed by atoms with E-state index in [0.29, 0.717) is 25.1 Å². The number of carboxylic acid groups (broad SMARTS) is 1. The Kier molecular flexibility index (Phi) is 4.22. The summed E-state index contributed by atoms with van der Waals surface area (Å²) >= 11 is 0. The molecule has 0 saturated carbocycles. The van der Waals surface area contributed by atoms with Gasteiger partial charge in [0.2, 0.25) is 5.82 Å². The van der Waals surface area contributed by atoms with Crippen molar-refractivity contribution in [3.8, 4) is 0 Å². The van der Waals surface area contributed by atoms with E-state index in [9.17, 15) is 24.4 Å². The van der Waals surface area contributed by atoms with E-state index in [0.717, 1.165) is 25.1 Å². The van der Waals surface area contributed by atoms with E-state index in [1.54, 1.807) is 6.92 Å². The molecule has 1 heterocycles. The van der Waals surface area contributed by atoms with Gasteiger partial charge in [0, 0.05) is 19.2 Å². The summed E-state index contributed by atoms with van der Waals surface area (Å²) in [5, 5.41) is 19.8. The summed E-state index contributed by atoms with van der Waals surface area (Å²) in [5.74, 6) is -1.70. The van der Waals surface area contributed by atoms with E-state index < -0.39 is 27.8 Å². The third-order valence-electron chi connectivity index (χ3n) is 3.91. The molecule has 0 aromatic heterocycles. The van der Waals surface area contributed by atoms with Crippen LogP contribution in [0.5, 0.6) is 0 Å². The summed E-state index contributed by atoms with van der Waals surface area (Å²) in [6, 6.07) is 3.80. The Balaban J connectivity index is 2.10. The first kappa shape index (κ1) is 15.4. The lowest BCUT2D eigenvalue weighted by atomic mass is 9.82. The first-order valence-electron chi connectivity index (χ1n) is 6.70. The lowest BCUT2D eigenvalue weighted by Crippen LogP contribution is -2.45. The topological polar surface area (TPSA) is 83.7 Å². The summed E-state index contributed by atoms with van der Waals surface area (Å²) in [6.07, 6.45) is 1.38. The van der Waals surface area contributed by atoms with Crippen LogP contribution in [-0.4, -0.2) is 34.0 Å². The number of hydrogen-bond acceptors (Lipinski definition) is 4. The van der Waals surface area contributed by atoms with E-state index in [4.69, 9.17) is 0 Å². The average Bonchev–Trinajstić information content (AvgIpc) is 2.38. The SMILES string of the molecule is CC1(C(=O)O)CCCN(Cc2ccc([N+](=O)[O-])c(F)c2)C1. The molecule has 7 heteroatoms. The van der Waals surface area contributed by atoms with Crippen LogP contribution >= 0.6 is 0 Å². The number of carbonyl (C=O) groups is 1. The molecule has 114 valence electrons. The summed E-state index contributed by atoms with van der Waals surface area (Å²) in [4.78, 5) is 23.0. The molecule has 6 nitrogen and oxygen atoms in total. The van der Waals surface area contributed by atoms with Crippen LogP contribution in [0, 0.1) is 21.3 Å². The maximum absolute atomic E-state index is 13.6. The summed E-state index contributed by atoms with van der Waals surface area (Å²) in [7, 11) is 0. The Hall–Kier alpha value is -2.02. The highest BCUT2D eigenvalue weighted by atomic mass is 19.1. The molecular weight excluding hydrogens is 279 g/mol. The number of carboxylic acids is 1. The second kappa shape index (κ2) is 5.77. The average molecular weight is 296 g/mol. The number of nitro groups is 1. The van der Waals surface area contributed by atoms with Crippen molar-refractivity contribution in [1.82, 2.24) is 4.90 Å². The number of aliphatic carboxylic acids is 1. The van der Waals surface area contributed by atoms with Crippen molar-refractivity contribution in [2.45, 2.75) is 26.3 Å². The lowest BCUT2D eigenvalue weighted by molar-refractivity contribution is -0.387. The number of nitro benzene ring substituents is 1. The van der Waals surface area contributed by atoms with Gasteiger partial charge in [-0.1, -0.05) is 6.07 Å². The maximum atomic E-state index is 13.6. The van der Waals surface area contributed by atoms with Gasteiger partial charge in [0.05, 0.1) is 10.3 Å². The van der Waals surface area contributed by atoms with Gasteiger partial charge in [0.15, 0.2) is 0 Å². The van der Waals surface area contributed by atoms with Crippen molar-refractivity contribution in [1.29, 1.82) is 0 Å². The standard InChI is InChI=1S/C14H17FN2O4/c1-14(13(18)19)5-2-6-16(9-14)8-10-3-4-12(17(20)21)11(15)7-10/h3-4,7H,2,5-6,8-9H2,1H3,(H,18,19). The molecule has 0 amide bonds. The molecule has 1 aliphatic rings. The largest absolute Gasteiger partial charge is 0.481 e. The fourth-order valence-electron chi connectivity index (χ4n) is 2.71. The van der Waals surface area contributed by atoms with Crippen molar-refractivity contribution in [2.75, 3.05) is 13.1 Å². The second-order valence-electron chi connectivity index (χ2n) is 5.72. The van der Waals surface area contributed by atoms with Crippen LogP contribution in [0.2, 0.25) is 0 Å². The van der Waals surface area contributed by atoms with Crippen molar-refractivity contribution >= 4 is 11.7 Å². The Labute approximate surface area is 121 Å². The maximum Gasteiger partial charge on any atom is 0.310 e. The lowest BCUT2D eigenvalue weighted by Gasteiger charge is -2.37. The quantitative estimate of drug-likeness (QED) is 0.681. The molecule has 1 saturated heterocycles. The van der Waals surface area contributed by atoms with E-state index in [1.165, 1.54) is 6.07 Å². The van der Waals surface area contributed by atoms with Gasteiger partial charge in [-0.3, -0.25) is 19.8 Å². The predicted molar refractivity (Wildman–Crippen MR) is 73.3 cm³/mol. The van der Waals surface area contributed by atoms with Gasteiger partial charge >= 0.3 is 11.7 Å². The van der Waals surface area contributed by atoms with Crippen LogP contribution < -0.4 is 0 Å². The molecular formula is C14H17FN2O4. The molecule has 1 aromatic rings. The second-order valence-corrected chi connectivity index (χ2v) is 5.72. The minimum Gasteiger partial charge on any atom is -0.481 e. The normalized spacial score (nSPS) is 23.0. The van der Waals surface area contributed by atoms with Gasteiger partial charge in [0.1, 0.15) is 0 Å². The van der Waals surface area contributed by atoms with Crippen LogP contribution in [-0.2, 0) is 11.3 Å². The minimum absolute atomic E-state index is 0.387. The molecule has 1 N–H and O–H groups in total. The zero-order chi connectivity index (χ0) is 15.6. The molecule has 21 heavy (non-hydrogen) atoms. The highest BCUT2D eigenvalue weighted by molar-refractivity contribution is 5.74. The number of piperidine rings is 1. The van der Waals surface area contributed by atoms with Crippen molar-refractivity contribution in [2.24, 2.45) is 5.41 Å². The molecule has 1 aromatic carbocycles. The number of halogens is 1. The summed E-state index contributed by atoms with van der Waals surface area (Å²) in [6.45, 7) is 3.22. The monoisotopic (exact) mass is 296 g/mol. The van der Waals surface area contributed by atoms with Gasteiger partial charge in [-0.15, -0.1) is 0 Å². The molecule has 1 aliphatic heterocycles. The molecule has 0 aliphatic carbocycles. The highest BCUT2D eigenvalue weighted by Gasteiger charge is 2.37. The fraction of sp³-hybridized carbons (Fsp3) is 0.500. The molecule has 0 radical (unpaired) electrons. The van der Waals surface area contributed by atoms with Gasteiger partial charge in [-0.05, 0) is 37.9 Å². The fourth-order valence-corrected chi connectivity index (χ4v) is 2.71. The number of rotatable bonds is 4. The number of likely N-dealkylation sites (tertiary alicyclic amines) is 1. The van der Waals surface area contributed by atoms with E-state index >= 15 is 0 Å². The van der Waals surface area contributed by atoms with E-state index in [-0.39, 0.29) is 0 Å². The van der Waals surface area contributed by atoms with Crippen LogP contribution in [0.25, 0.3) is 0 Å². The smallest absolute Gasteiger partial charge is 0.310 e. The third-order valence-corrected chi connectivity index (χ3v) is 3.91. The molecule has 0 spiro atoms. The Bertz CT molecular complexity index is 578. The van der Waals surface area contributed by atoms with Crippen LogP contribution in [0.4, 0.5) is 10.1 Å².